The van der Waals surface area contributed by atoms with Crippen LogP contribution in [0.3, 0.4) is 0 Å². The van der Waals surface area contributed by atoms with Crippen LogP contribution in [-0.4, -0.2) is 27.3 Å². The molecule has 0 aliphatic heterocycles. The number of rotatable bonds is 7. The van der Waals surface area contributed by atoms with E-state index < -0.39 is 21.8 Å². The van der Waals surface area contributed by atoms with Crippen molar-refractivity contribution in [1.82, 2.24) is 5.32 Å². The highest BCUT2D eigenvalue weighted by atomic mass is 32.2. The lowest BCUT2D eigenvalue weighted by Crippen LogP contribution is -2.27. The smallest absolute Gasteiger partial charge is 0.316 e. The first-order chi connectivity index (χ1) is 9.65. The van der Waals surface area contributed by atoms with Crippen molar-refractivity contribution in [3.63, 3.8) is 0 Å². The Balaban J connectivity index is 2.82. The Hall–Kier alpha value is -1.28. The maximum Gasteiger partial charge on any atom is 0.416 e. The lowest BCUT2D eigenvalue weighted by atomic mass is 10.1. The standard InChI is InChI=1S/C13H19F3N2O2S/c1-3-6-17-7-8-21(19,20)18-12-9-11(13(14,15)16)5-4-10(12)2/h4-5,9,17-18H,3,6-8H2,1-2H3. The maximum absolute atomic E-state index is 12.6. The first kappa shape index (κ1) is 17.8. The van der Waals surface area contributed by atoms with Gasteiger partial charge in [-0.2, -0.15) is 13.2 Å². The molecule has 120 valence electrons. The van der Waals surface area contributed by atoms with Crippen LogP contribution < -0.4 is 10.0 Å². The summed E-state index contributed by atoms with van der Waals surface area (Å²) in [6.45, 7) is 4.44. The lowest BCUT2D eigenvalue weighted by molar-refractivity contribution is -0.137. The van der Waals surface area contributed by atoms with Gasteiger partial charge < -0.3 is 5.32 Å². The number of nitrogens with one attached hydrogen (secondary N) is 2. The molecule has 8 heteroatoms. The second-order valence-corrected chi connectivity index (χ2v) is 6.54. The molecule has 0 spiro atoms. The second kappa shape index (κ2) is 7.13. The van der Waals surface area contributed by atoms with Gasteiger partial charge in [-0.3, -0.25) is 4.72 Å². The largest absolute Gasteiger partial charge is 0.416 e. The van der Waals surface area contributed by atoms with Crippen LogP contribution in [0.5, 0.6) is 0 Å². The average molecular weight is 324 g/mol. The molecule has 0 atom stereocenters. The second-order valence-electron chi connectivity index (χ2n) is 4.70. The molecule has 0 saturated heterocycles. The van der Waals surface area contributed by atoms with E-state index in [0.29, 0.717) is 12.1 Å². The average Bonchev–Trinajstić information content (AvgIpc) is 2.36. The fraction of sp³-hybridized carbons (Fsp3) is 0.538. The summed E-state index contributed by atoms with van der Waals surface area (Å²) in [4.78, 5) is 0. The summed E-state index contributed by atoms with van der Waals surface area (Å²) in [6.07, 6.45) is -3.63. The molecule has 2 N–H and O–H groups in total. The van der Waals surface area contributed by atoms with Crippen LogP contribution in [0.2, 0.25) is 0 Å². The van der Waals surface area contributed by atoms with Crippen molar-refractivity contribution in [2.24, 2.45) is 0 Å². The molecule has 0 aliphatic rings. The molecule has 0 fully saturated rings. The molecule has 0 saturated carbocycles. The predicted octanol–water partition coefficient (Wildman–Crippen LogP) is 2.76. The molecule has 0 unspecified atom stereocenters. The molecule has 0 amide bonds. The van der Waals surface area contributed by atoms with E-state index >= 15 is 0 Å². The highest BCUT2D eigenvalue weighted by Gasteiger charge is 2.31. The molecule has 1 aromatic rings. The number of halogens is 3. The van der Waals surface area contributed by atoms with E-state index in [1.165, 1.54) is 6.07 Å². The summed E-state index contributed by atoms with van der Waals surface area (Å²) in [5, 5.41) is 2.93. The number of hydrogen-bond donors (Lipinski definition) is 2. The number of alkyl halides is 3. The predicted molar refractivity (Wildman–Crippen MR) is 76.8 cm³/mol. The minimum atomic E-state index is -4.50. The van der Waals surface area contributed by atoms with E-state index in [2.05, 4.69) is 10.0 Å². The third-order valence-corrected chi connectivity index (χ3v) is 4.08. The van der Waals surface area contributed by atoms with Gasteiger partial charge in [-0.15, -0.1) is 0 Å². The van der Waals surface area contributed by atoms with Gasteiger partial charge in [0.15, 0.2) is 0 Å². The molecule has 0 aliphatic carbocycles. The maximum atomic E-state index is 12.6. The van der Waals surface area contributed by atoms with Crippen LogP contribution in [0.4, 0.5) is 18.9 Å². The summed E-state index contributed by atoms with van der Waals surface area (Å²) >= 11 is 0. The molecule has 1 rings (SSSR count). The van der Waals surface area contributed by atoms with Gasteiger partial charge in [0.05, 0.1) is 17.0 Å². The van der Waals surface area contributed by atoms with Crippen LogP contribution in [0.15, 0.2) is 18.2 Å². The zero-order valence-corrected chi connectivity index (χ0v) is 12.7. The van der Waals surface area contributed by atoms with Crippen LogP contribution in [0, 0.1) is 6.92 Å². The molecule has 0 bridgehead atoms. The van der Waals surface area contributed by atoms with E-state index in [0.717, 1.165) is 18.6 Å². The Labute approximate surface area is 122 Å². The number of aryl methyl sites for hydroxylation is 1. The van der Waals surface area contributed by atoms with Crippen molar-refractivity contribution in [2.75, 3.05) is 23.6 Å². The van der Waals surface area contributed by atoms with Gasteiger partial charge >= 0.3 is 6.18 Å². The van der Waals surface area contributed by atoms with E-state index in [-0.39, 0.29) is 18.0 Å². The van der Waals surface area contributed by atoms with Crippen molar-refractivity contribution < 1.29 is 21.6 Å². The van der Waals surface area contributed by atoms with Crippen molar-refractivity contribution in [3.8, 4) is 0 Å². The number of anilines is 1. The zero-order valence-electron chi connectivity index (χ0n) is 11.9. The Bertz CT molecular complexity index is 571. The van der Waals surface area contributed by atoms with Gasteiger partial charge in [-0.05, 0) is 37.6 Å². The normalized spacial score (nSPS) is 12.4. The van der Waals surface area contributed by atoms with E-state index in [1.54, 1.807) is 6.92 Å². The molecule has 0 radical (unpaired) electrons. The van der Waals surface area contributed by atoms with Gasteiger partial charge in [-0.25, -0.2) is 8.42 Å². The highest BCUT2D eigenvalue weighted by molar-refractivity contribution is 7.92. The molecule has 1 aromatic carbocycles. The monoisotopic (exact) mass is 324 g/mol. The fourth-order valence-corrected chi connectivity index (χ4v) is 2.71. The Morgan fingerprint density at radius 1 is 1.19 bits per heavy atom. The summed E-state index contributed by atoms with van der Waals surface area (Å²) in [5.41, 5.74) is -0.483. The summed E-state index contributed by atoms with van der Waals surface area (Å²) in [7, 11) is -3.68. The van der Waals surface area contributed by atoms with Gasteiger partial charge in [0.2, 0.25) is 10.0 Å². The lowest BCUT2D eigenvalue weighted by Gasteiger charge is -2.14. The van der Waals surface area contributed by atoms with Gasteiger partial charge in [0, 0.05) is 6.54 Å². The van der Waals surface area contributed by atoms with Crippen molar-refractivity contribution in [2.45, 2.75) is 26.4 Å². The van der Waals surface area contributed by atoms with Crippen molar-refractivity contribution in [1.29, 1.82) is 0 Å². The first-order valence-electron chi connectivity index (χ1n) is 6.55. The first-order valence-corrected chi connectivity index (χ1v) is 8.20. The Morgan fingerprint density at radius 2 is 1.86 bits per heavy atom. The number of sulfonamides is 1. The van der Waals surface area contributed by atoms with Crippen molar-refractivity contribution >= 4 is 15.7 Å². The molecule has 0 aromatic heterocycles. The summed E-state index contributed by atoms with van der Waals surface area (Å²) in [5.74, 6) is -0.192. The van der Waals surface area contributed by atoms with Crippen LogP contribution in [0.1, 0.15) is 24.5 Å². The summed E-state index contributed by atoms with van der Waals surface area (Å²) < 4.78 is 63.8. The number of hydrogen-bond acceptors (Lipinski definition) is 3. The van der Waals surface area contributed by atoms with E-state index in [1.807, 2.05) is 6.92 Å². The fourth-order valence-electron chi connectivity index (χ4n) is 1.64. The van der Waals surface area contributed by atoms with Gasteiger partial charge in [-0.1, -0.05) is 13.0 Å². The molecular formula is C13H19F3N2O2S. The molecular weight excluding hydrogens is 305 g/mol. The van der Waals surface area contributed by atoms with E-state index in [9.17, 15) is 21.6 Å². The van der Waals surface area contributed by atoms with Crippen LogP contribution in [-0.2, 0) is 16.2 Å². The van der Waals surface area contributed by atoms with Crippen LogP contribution in [0.25, 0.3) is 0 Å². The minimum Gasteiger partial charge on any atom is -0.316 e. The Morgan fingerprint density at radius 3 is 2.43 bits per heavy atom. The van der Waals surface area contributed by atoms with Gasteiger partial charge in [0.25, 0.3) is 0 Å². The van der Waals surface area contributed by atoms with Crippen LogP contribution >= 0.6 is 0 Å². The molecule has 4 nitrogen and oxygen atoms in total. The quantitative estimate of drug-likeness (QED) is 0.758. The third kappa shape index (κ3) is 5.92. The highest BCUT2D eigenvalue weighted by Crippen LogP contribution is 2.32. The van der Waals surface area contributed by atoms with Gasteiger partial charge in [0.1, 0.15) is 0 Å². The topological polar surface area (TPSA) is 58.2 Å². The van der Waals surface area contributed by atoms with Crippen molar-refractivity contribution in [3.05, 3.63) is 29.3 Å². The van der Waals surface area contributed by atoms with E-state index in [4.69, 9.17) is 0 Å². The molecule has 21 heavy (non-hydrogen) atoms. The minimum absolute atomic E-state index is 0.0414. The number of benzene rings is 1. The third-order valence-electron chi connectivity index (χ3n) is 2.80. The SMILES string of the molecule is CCCNCCS(=O)(=O)Nc1cc(C(F)(F)F)ccc1C. The molecule has 0 heterocycles. The zero-order chi connectivity index (χ0) is 16.1. The summed E-state index contributed by atoms with van der Waals surface area (Å²) in [6, 6.07) is 2.98. The Kier molecular flexibility index (Phi) is 6.03.